The highest BCUT2D eigenvalue weighted by Gasteiger charge is 2.33. The molecule has 24 heavy (non-hydrogen) atoms. The minimum atomic E-state index is -0.371. The maximum atomic E-state index is 12.6. The van der Waals surface area contributed by atoms with E-state index in [1.165, 1.54) is 11.3 Å². The van der Waals surface area contributed by atoms with Crippen molar-refractivity contribution >= 4 is 22.4 Å². The number of hydrogen-bond donors (Lipinski definition) is 0. The number of likely N-dealkylation sites (N-methyl/N-ethyl adjacent to an activating group) is 1. The van der Waals surface area contributed by atoms with E-state index in [0.717, 1.165) is 23.4 Å². The molecule has 0 bridgehead atoms. The first-order valence-corrected chi connectivity index (χ1v) is 8.56. The van der Waals surface area contributed by atoms with E-state index >= 15 is 0 Å². The summed E-state index contributed by atoms with van der Waals surface area (Å²) in [6.07, 6.45) is 3.68. The van der Waals surface area contributed by atoms with Crippen LogP contribution in [0.5, 0.6) is 5.75 Å². The molecule has 1 aliphatic heterocycles. The van der Waals surface area contributed by atoms with E-state index < -0.39 is 0 Å². The van der Waals surface area contributed by atoms with Gasteiger partial charge in [-0.1, -0.05) is 12.1 Å². The summed E-state index contributed by atoms with van der Waals surface area (Å²) in [4.78, 5) is 20.3. The molecular weight excluding hydrogens is 324 g/mol. The Balaban J connectivity index is 1.79. The van der Waals surface area contributed by atoms with Gasteiger partial charge in [0, 0.05) is 24.5 Å². The van der Waals surface area contributed by atoms with Crippen LogP contribution in [-0.4, -0.2) is 42.5 Å². The van der Waals surface area contributed by atoms with Crippen LogP contribution in [0.15, 0.2) is 29.6 Å². The fraction of sp³-hybridized carbons (Fsp3) is 0.353. The summed E-state index contributed by atoms with van der Waals surface area (Å²) in [7, 11) is 3.34. The molecule has 1 aliphatic rings. The van der Waals surface area contributed by atoms with Crippen molar-refractivity contribution in [2.24, 2.45) is 0 Å². The lowest BCUT2D eigenvalue weighted by molar-refractivity contribution is -0.121. The van der Waals surface area contributed by atoms with Crippen LogP contribution < -0.4 is 9.64 Å². The predicted molar refractivity (Wildman–Crippen MR) is 92.9 cm³/mol. The third kappa shape index (κ3) is 3.05. The van der Waals surface area contributed by atoms with E-state index in [4.69, 9.17) is 10.00 Å². The molecule has 0 aliphatic carbocycles. The largest absolute Gasteiger partial charge is 0.497 e. The van der Waals surface area contributed by atoms with E-state index in [0.29, 0.717) is 18.1 Å². The standard InChI is InChI=1S/C17H18N4O2S/c1-20(16(22)15-7-4-8-21(15)11-18)17-19-14(10-24-17)12-5-3-6-13(9-12)23-2/h3,5-6,9-10,15H,4,7-8H2,1-2H3. The van der Waals surface area contributed by atoms with Crippen molar-refractivity contribution in [1.29, 1.82) is 5.26 Å². The lowest BCUT2D eigenvalue weighted by atomic mass is 10.2. The fourth-order valence-electron chi connectivity index (χ4n) is 2.79. The zero-order valence-corrected chi connectivity index (χ0v) is 14.4. The van der Waals surface area contributed by atoms with Gasteiger partial charge in [-0.25, -0.2) is 4.98 Å². The van der Waals surface area contributed by atoms with Crippen LogP contribution >= 0.6 is 11.3 Å². The molecule has 1 saturated heterocycles. The van der Waals surface area contributed by atoms with Crippen molar-refractivity contribution < 1.29 is 9.53 Å². The molecule has 0 N–H and O–H groups in total. The molecule has 2 heterocycles. The highest BCUT2D eigenvalue weighted by Crippen LogP contribution is 2.30. The van der Waals surface area contributed by atoms with Crippen molar-refractivity contribution in [2.45, 2.75) is 18.9 Å². The number of carbonyl (C=O) groups excluding carboxylic acids is 1. The number of amides is 1. The number of aromatic nitrogens is 1. The third-order valence-corrected chi connectivity index (χ3v) is 5.06. The molecule has 0 saturated carbocycles. The van der Waals surface area contributed by atoms with Crippen molar-refractivity contribution in [3.8, 4) is 23.2 Å². The van der Waals surface area contributed by atoms with Crippen LogP contribution in [0.4, 0.5) is 5.13 Å². The van der Waals surface area contributed by atoms with Gasteiger partial charge in [0.1, 0.15) is 11.8 Å². The van der Waals surface area contributed by atoms with Crippen LogP contribution in [-0.2, 0) is 4.79 Å². The maximum Gasteiger partial charge on any atom is 0.251 e. The van der Waals surface area contributed by atoms with E-state index in [1.807, 2.05) is 29.6 Å². The van der Waals surface area contributed by atoms with Crippen LogP contribution in [0.3, 0.4) is 0 Å². The number of nitrogens with zero attached hydrogens (tertiary/aromatic N) is 4. The molecule has 1 atom stereocenters. The van der Waals surface area contributed by atoms with Gasteiger partial charge in [0.2, 0.25) is 0 Å². The highest BCUT2D eigenvalue weighted by molar-refractivity contribution is 7.14. The van der Waals surface area contributed by atoms with Crippen LogP contribution in [0.25, 0.3) is 11.3 Å². The Bertz CT molecular complexity index is 783. The third-order valence-electron chi connectivity index (χ3n) is 4.14. The molecule has 124 valence electrons. The zero-order valence-electron chi connectivity index (χ0n) is 13.6. The molecule has 6 nitrogen and oxygen atoms in total. The molecule has 0 radical (unpaired) electrons. The van der Waals surface area contributed by atoms with Gasteiger partial charge in [0.25, 0.3) is 5.91 Å². The second-order valence-electron chi connectivity index (χ2n) is 5.60. The maximum absolute atomic E-state index is 12.6. The van der Waals surface area contributed by atoms with Crippen LogP contribution in [0.1, 0.15) is 12.8 Å². The summed E-state index contributed by atoms with van der Waals surface area (Å²) in [5.74, 6) is 0.683. The number of methoxy groups -OCH3 is 1. The molecule has 2 aromatic rings. The van der Waals surface area contributed by atoms with Gasteiger partial charge in [-0.05, 0) is 25.0 Å². The van der Waals surface area contributed by atoms with Gasteiger partial charge >= 0.3 is 0 Å². The Kier molecular flexibility index (Phi) is 4.67. The number of ether oxygens (including phenoxy) is 1. The van der Waals surface area contributed by atoms with E-state index in [2.05, 4.69) is 11.2 Å². The molecule has 1 aromatic heterocycles. The van der Waals surface area contributed by atoms with Gasteiger partial charge in [-0.2, -0.15) is 5.26 Å². The van der Waals surface area contributed by atoms with Crippen molar-refractivity contribution in [3.63, 3.8) is 0 Å². The number of rotatable bonds is 4. The molecule has 7 heteroatoms. The van der Waals surface area contributed by atoms with E-state index in [-0.39, 0.29) is 11.9 Å². The molecule has 3 rings (SSSR count). The second-order valence-corrected chi connectivity index (χ2v) is 6.43. The summed E-state index contributed by atoms with van der Waals surface area (Å²) in [5, 5.41) is 11.7. The summed E-state index contributed by atoms with van der Waals surface area (Å²) in [6.45, 7) is 0.647. The normalized spacial score (nSPS) is 16.7. The lowest BCUT2D eigenvalue weighted by Crippen LogP contribution is -2.42. The first-order chi connectivity index (χ1) is 11.6. The number of benzene rings is 1. The Morgan fingerprint density at radius 3 is 3.12 bits per heavy atom. The van der Waals surface area contributed by atoms with E-state index in [1.54, 1.807) is 24.0 Å². The number of likely N-dealkylation sites (tertiary alicyclic amines) is 1. The fourth-order valence-corrected chi connectivity index (χ4v) is 3.60. The Labute approximate surface area is 144 Å². The number of nitriles is 1. The highest BCUT2D eigenvalue weighted by atomic mass is 32.1. The summed E-state index contributed by atoms with van der Waals surface area (Å²) < 4.78 is 5.24. The quantitative estimate of drug-likeness (QED) is 0.799. The zero-order chi connectivity index (χ0) is 17.1. The number of carbonyl (C=O) groups is 1. The molecular formula is C17H18N4O2S. The smallest absolute Gasteiger partial charge is 0.251 e. The number of thiazole rings is 1. The van der Waals surface area contributed by atoms with Crippen molar-refractivity contribution in [3.05, 3.63) is 29.6 Å². The average Bonchev–Trinajstić information content (AvgIpc) is 3.29. The molecule has 1 fully saturated rings. The minimum Gasteiger partial charge on any atom is -0.497 e. The van der Waals surface area contributed by atoms with Gasteiger partial charge in [-0.15, -0.1) is 11.3 Å². The topological polar surface area (TPSA) is 69.5 Å². The van der Waals surface area contributed by atoms with Crippen molar-refractivity contribution in [2.75, 3.05) is 25.6 Å². The summed E-state index contributed by atoms with van der Waals surface area (Å²) >= 11 is 1.41. The first kappa shape index (κ1) is 16.3. The summed E-state index contributed by atoms with van der Waals surface area (Å²) in [6, 6.07) is 7.28. The monoisotopic (exact) mass is 342 g/mol. The molecule has 1 amide bonds. The second kappa shape index (κ2) is 6.89. The molecule has 0 spiro atoms. The van der Waals surface area contributed by atoms with Gasteiger partial charge in [0.05, 0.1) is 12.8 Å². The minimum absolute atomic E-state index is 0.0828. The molecule has 1 unspecified atom stereocenters. The number of anilines is 1. The van der Waals surface area contributed by atoms with Gasteiger partial charge in [0.15, 0.2) is 11.3 Å². The molecule has 1 aromatic carbocycles. The first-order valence-electron chi connectivity index (χ1n) is 7.68. The van der Waals surface area contributed by atoms with Crippen LogP contribution in [0.2, 0.25) is 0 Å². The predicted octanol–water partition coefficient (Wildman–Crippen LogP) is 2.73. The Morgan fingerprint density at radius 1 is 1.54 bits per heavy atom. The van der Waals surface area contributed by atoms with Gasteiger partial charge in [-0.3, -0.25) is 14.6 Å². The Morgan fingerprint density at radius 2 is 2.38 bits per heavy atom. The lowest BCUT2D eigenvalue weighted by Gasteiger charge is -2.22. The van der Waals surface area contributed by atoms with Crippen molar-refractivity contribution in [1.82, 2.24) is 9.88 Å². The average molecular weight is 342 g/mol. The van der Waals surface area contributed by atoms with Crippen LogP contribution in [0, 0.1) is 11.5 Å². The van der Waals surface area contributed by atoms with Gasteiger partial charge < -0.3 is 4.74 Å². The SMILES string of the molecule is COc1cccc(-c2csc(N(C)C(=O)C3CCCN3C#N)n2)c1. The van der Waals surface area contributed by atoms with E-state index in [9.17, 15) is 4.79 Å². The summed E-state index contributed by atoms with van der Waals surface area (Å²) in [5.41, 5.74) is 1.74. The number of hydrogen-bond acceptors (Lipinski definition) is 6. The Hall–Kier alpha value is -2.59.